The van der Waals surface area contributed by atoms with Gasteiger partial charge in [0.05, 0.1) is 29.3 Å². The van der Waals surface area contributed by atoms with Gasteiger partial charge in [0.15, 0.2) is 0 Å². The first-order valence-corrected chi connectivity index (χ1v) is 10.1. The average Bonchev–Trinajstić information content (AvgIpc) is 3.12. The third kappa shape index (κ3) is 5.04. The molecule has 1 atom stereocenters. The Kier molecular flexibility index (Phi) is 7.18. The van der Waals surface area contributed by atoms with Crippen LogP contribution in [0.4, 0.5) is 5.69 Å². The molecule has 1 saturated heterocycles. The molecule has 0 spiro atoms. The third-order valence-corrected chi connectivity index (χ3v) is 5.31. The Morgan fingerprint density at radius 1 is 1.13 bits per heavy atom. The summed E-state index contributed by atoms with van der Waals surface area (Å²) in [4.78, 5) is 38.6. The van der Waals surface area contributed by atoms with E-state index in [1.807, 2.05) is 12.1 Å². The fourth-order valence-corrected chi connectivity index (χ4v) is 3.74. The van der Waals surface area contributed by atoms with Gasteiger partial charge in [-0.15, -0.1) is 0 Å². The molecule has 0 aromatic heterocycles. The van der Waals surface area contributed by atoms with Crippen LogP contribution in [0, 0.1) is 5.92 Å². The van der Waals surface area contributed by atoms with E-state index in [2.05, 4.69) is 10.6 Å². The van der Waals surface area contributed by atoms with Crippen LogP contribution < -0.4 is 20.3 Å². The Labute approximate surface area is 184 Å². The molecule has 1 heterocycles. The van der Waals surface area contributed by atoms with Gasteiger partial charge in [-0.25, -0.2) is 0 Å². The largest absolute Gasteiger partial charge is 0.495 e. The molecular weight excluding hydrogens is 429 g/mol. The zero-order chi connectivity index (χ0) is 21.7. The second-order valence-electron chi connectivity index (χ2n) is 6.75. The van der Waals surface area contributed by atoms with Crippen LogP contribution in [0.3, 0.4) is 0 Å². The van der Waals surface area contributed by atoms with E-state index in [4.69, 9.17) is 27.9 Å². The predicted octanol–water partition coefficient (Wildman–Crippen LogP) is 2.90. The highest BCUT2D eigenvalue weighted by Crippen LogP contribution is 2.32. The first-order chi connectivity index (χ1) is 14.4. The maximum absolute atomic E-state index is 12.5. The molecule has 7 nitrogen and oxygen atoms in total. The zero-order valence-electron chi connectivity index (χ0n) is 16.3. The summed E-state index contributed by atoms with van der Waals surface area (Å²) in [6.45, 7) is 0.729. The molecular formula is C21H21Cl2N3O4. The van der Waals surface area contributed by atoms with Gasteiger partial charge in [0.2, 0.25) is 11.8 Å². The van der Waals surface area contributed by atoms with Crippen LogP contribution in [0.25, 0.3) is 0 Å². The number of carbonyl (C=O) groups is 3. The molecule has 1 aliphatic heterocycles. The molecule has 9 heteroatoms. The van der Waals surface area contributed by atoms with Crippen LogP contribution in [0.2, 0.25) is 10.0 Å². The number of ether oxygens (including phenoxy) is 1. The number of hydrogen-bond acceptors (Lipinski definition) is 4. The van der Waals surface area contributed by atoms with Gasteiger partial charge in [-0.3, -0.25) is 14.4 Å². The van der Waals surface area contributed by atoms with Gasteiger partial charge in [0, 0.05) is 31.1 Å². The van der Waals surface area contributed by atoms with Gasteiger partial charge in [-0.05, 0) is 30.3 Å². The number of hydrogen-bond donors (Lipinski definition) is 2. The molecule has 158 valence electrons. The van der Waals surface area contributed by atoms with E-state index in [1.165, 1.54) is 19.2 Å². The van der Waals surface area contributed by atoms with Crippen molar-refractivity contribution >= 4 is 46.6 Å². The molecule has 2 N–H and O–H groups in total. The zero-order valence-corrected chi connectivity index (χ0v) is 17.8. The number of anilines is 1. The van der Waals surface area contributed by atoms with Gasteiger partial charge >= 0.3 is 0 Å². The molecule has 0 saturated carbocycles. The number of amides is 3. The lowest BCUT2D eigenvalue weighted by atomic mass is 10.1. The molecule has 0 radical (unpaired) electrons. The number of nitrogens with one attached hydrogen (secondary N) is 2. The number of halogens is 2. The quantitative estimate of drug-likeness (QED) is 0.636. The van der Waals surface area contributed by atoms with Crippen LogP contribution in [-0.2, 0) is 9.59 Å². The Bertz CT molecular complexity index is 967. The topological polar surface area (TPSA) is 87.7 Å². The Hall–Kier alpha value is -2.77. The van der Waals surface area contributed by atoms with Crippen LogP contribution >= 0.6 is 23.2 Å². The highest BCUT2D eigenvalue weighted by Gasteiger charge is 2.36. The maximum atomic E-state index is 12.5. The lowest BCUT2D eigenvalue weighted by Crippen LogP contribution is -2.38. The Morgan fingerprint density at radius 3 is 2.60 bits per heavy atom. The SMILES string of the molecule is COc1ccccc1N1CC(C(=O)NCCNC(=O)c2ccc(Cl)cc2Cl)CC1=O. The first kappa shape index (κ1) is 21.9. The molecule has 2 aromatic carbocycles. The standard InChI is InChI=1S/C21H21Cl2N3O4/c1-30-18-5-3-2-4-17(18)26-12-13(10-19(26)27)20(28)24-8-9-25-21(29)15-7-6-14(22)11-16(15)23/h2-7,11,13H,8-10,12H2,1H3,(H,24,28)(H,25,29). The van der Waals surface area contributed by atoms with Crippen LogP contribution in [0.1, 0.15) is 16.8 Å². The second kappa shape index (κ2) is 9.82. The van der Waals surface area contributed by atoms with Crippen molar-refractivity contribution in [1.82, 2.24) is 10.6 Å². The Morgan fingerprint density at radius 2 is 1.87 bits per heavy atom. The summed E-state index contributed by atoms with van der Waals surface area (Å²) in [6.07, 6.45) is 0.122. The molecule has 2 aromatic rings. The van der Waals surface area contributed by atoms with Crippen molar-refractivity contribution in [3.05, 3.63) is 58.1 Å². The summed E-state index contributed by atoms with van der Waals surface area (Å²) in [5.74, 6) is -0.617. The van der Waals surface area contributed by atoms with Gasteiger partial charge in [0.1, 0.15) is 5.75 Å². The van der Waals surface area contributed by atoms with Crippen LogP contribution in [-0.4, -0.2) is 44.5 Å². The van der Waals surface area contributed by atoms with E-state index < -0.39 is 5.92 Å². The molecule has 1 fully saturated rings. The van der Waals surface area contributed by atoms with Crippen molar-refractivity contribution in [1.29, 1.82) is 0 Å². The maximum Gasteiger partial charge on any atom is 0.252 e. The minimum Gasteiger partial charge on any atom is -0.495 e. The first-order valence-electron chi connectivity index (χ1n) is 9.35. The number of methoxy groups -OCH3 is 1. The summed E-state index contributed by atoms with van der Waals surface area (Å²) >= 11 is 11.8. The van der Waals surface area contributed by atoms with E-state index in [-0.39, 0.29) is 48.8 Å². The van der Waals surface area contributed by atoms with Crippen molar-refractivity contribution < 1.29 is 19.1 Å². The lowest BCUT2D eigenvalue weighted by Gasteiger charge is -2.19. The molecule has 3 rings (SSSR count). The number of carbonyl (C=O) groups excluding carboxylic acids is 3. The van der Waals surface area contributed by atoms with E-state index in [0.29, 0.717) is 22.0 Å². The number of benzene rings is 2. The van der Waals surface area contributed by atoms with E-state index >= 15 is 0 Å². The van der Waals surface area contributed by atoms with Crippen molar-refractivity contribution in [3.63, 3.8) is 0 Å². The monoisotopic (exact) mass is 449 g/mol. The smallest absolute Gasteiger partial charge is 0.252 e. The van der Waals surface area contributed by atoms with Gasteiger partial charge in [-0.1, -0.05) is 35.3 Å². The molecule has 1 unspecified atom stereocenters. The summed E-state index contributed by atoms with van der Waals surface area (Å²) in [5, 5.41) is 6.14. The normalized spacial score (nSPS) is 15.8. The van der Waals surface area contributed by atoms with Gasteiger partial charge in [-0.2, -0.15) is 0 Å². The van der Waals surface area contributed by atoms with Crippen molar-refractivity contribution in [2.45, 2.75) is 6.42 Å². The van der Waals surface area contributed by atoms with Gasteiger partial charge in [0.25, 0.3) is 5.91 Å². The summed E-state index contributed by atoms with van der Waals surface area (Å²) < 4.78 is 5.30. The second-order valence-corrected chi connectivity index (χ2v) is 7.59. The van der Waals surface area contributed by atoms with Crippen molar-refractivity contribution in [2.75, 3.05) is 31.6 Å². The number of nitrogens with zero attached hydrogens (tertiary/aromatic N) is 1. The Balaban J connectivity index is 1.48. The lowest BCUT2D eigenvalue weighted by molar-refractivity contribution is -0.126. The average molecular weight is 450 g/mol. The summed E-state index contributed by atoms with van der Waals surface area (Å²) in [5.41, 5.74) is 0.952. The number of rotatable bonds is 7. The summed E-state index contributed by atoms with van der Waals surface area (Å²) in [7, 11) is 1.54. The predicted molar refractivity (Wildman–Crippen MR) is 115 cm³/mol. The number of para-hydroxylation sites is 2. The molecule has 0 aliphatic carbocycles. The van der Waals surface area contributed by atoms with Crippen LogP contribution in [0.5, 0.6) is 5.75 Å². The minimum absolute atomic E-state index is 0.122. The highest BCUT2D eigenvalue weighted by molar-refractivity contribution is 6.36. The highest BCUT2D eigenvalue weighted by atomic mass is 35.5. The van der Waals surface area contributed by atoms with E-state index in [0.717, 1.165) is 0 Å². The fourth-order valence-electron chi connectivity index (χ4n) is 3.24. The molecule has 0 bridgehead atoms. The molecule has 1 aliphatic rings. The van der Waals surface area contributed by atoms with E-state index in [9.17, 15) is 14.4 Å². The minimum atomic E-state index is -0.469. The van der Waals surface area contributed by atoms with Crippen molar-refractivity contribution in [3.8, 4) is 5.75 Å². The van der Waals surface area contributed by atoms with E-state index in [1.54, 1.807) is 23.1 Å². The third-order valence-electron chi connectivity index (χ3n) is 4.76. The van der Waals surface area contributed by atoms with Crippen molar-refractivity contribution in [2.24, 2.45) is 5.92 Å². The molecule has 3 amide bonds. The van der Waals surface area contributed by atoms with Crippen LogP contribution in [0.15, 0.2) is 42.5 Å². The summed E-state index contributed by atoms with van der Waals surface area (Å²) in [6, 6.07) is 11.8. The fraction of sp³-hybridized carbons (Fsp3) is 0.286. The molecule has 30 heavy (non-hydrogen) atoms. The van der Waals surface area contributed by atoms with Gasteiger partial charge < -0.3 is 20.3 Å².